The van der Waals surface area contributed by atoms with E-state index in [1.807, 2.05) is 12.1 Å². The lowest BCUT2D eigenvalue weighted by atomic mass is 9.90. The van der Waals surface area contributed by atoms with Gasteiger partial charge in [-0.25, -0.2) is 23.2 Å². The van der Waals surface area contributed by atoms with E-state index >= 15 is 0 Å². The van der Waals surface area contributed by atoms with Crippen LogP contribution in [0.25, 0.3) is 17.1 Å². The number of hydrogen-bond donors (Lipinski definition) is 2. The number of phenols is 1. The highest BCUT2D eigenvalue weighted by atomic mass is 19.1. The van der Waals surface area contributed by atoms with E-state index in [0.29, 0.717) is 12.1 Å². The first-order valence-corrected chi connectivity index (χ1v) is 12.6. The van der Waals surface area contributed by atoms with Gasteiger partial charge >= 0.3 is 5.69 Å². The zero-order valence-electron chi connectivity index (χ0n) is 22.0. The summed E-state index contributed by atoms with van der Waals surface area (Å²) in [5.74, 6) is -3.16. The molecular weight excluding hydrogens is 522 g/mol. The third-order valence-corrected chi connectivity index (χ3v) is 7.42. The number of nitroso groups, excluding NO2 is 1. The van der Waals surface area contributed by atoms with Crippen molar-refractivity contribution in [3.05, 3.63) is 97.3 Å². The number of carbonyl (C=O) groups excluding carboxylic acids is 1. The molecule has 2 unspecified atom stereocenters. The van der Waals surface area contributed by atoms with Gasteiger partial charge in [-0.2, -0.15) is 5.10 Å². The fourth-order valence-electron chi connectivity index (χ4n) is 5.25. The largest absolute Gasteiger partial charge is 0.507 e. The second-order valence-corrected chi connectivity index (χ2v) is 10.0. The minimum Gasteiger partial charge on any atom is -0.507 e. The molecule has 3 aromatic carbocycles. The van der Waals surface area contributed by atoms with Gasteiger partial charge in [0.2, 0.25) is 0 Å². The number of hydrogen-bond acceptors (Lipinski definition) is 7. The van der Waals surface area contributed by atoms with E-state index < -0.39 is 29.0 Å². The fourth-order valence-corrected chi connectivity index (χ4v) is 5.25. The average molecular weight is 549 g/mol. The minimum absolute atomic E-state index is 0.0515. The molecule has 11 heteroatoms. The number of H-pyrrole nitrogens is 1. The van der Waals surface area contributed by atoms with Gasteiger partial charge < -0.3 is 9.84 Å². The van der Waals surface area contributed by atoms with Gasteiger partial charge in [-0.05, 0) is 84.3 Å². The van der Waals surface area contributed by atoms with Crippen molar-refractivity contribution in [2.45, 2.75) is 45.1 Å². The molecule has 0 bridgehead atoms. The number of fused-ring (bicyclic) bond motifs is 1. The first-order valence-electron chi connectivity index (χ1n) is 12.6. The molecule has 2 N–H and O–H groups in total. The Morgan fingerprint density at radius 1 is 1.18 bits per heavy atom. The van der Waals surface area contributed by atoms with E-state index in [0.717, 1.165) is 35.7 Å². The minimum atomic E-state index is -0.884. The fraction of sp³-hybridized carbons (Fsp3) is 0.276. The van der Waals surface area contributed by atoms with Crippen LogP contribution in [0.1, 0.15) is 52.4 Å². The topological polar surface area (TPSA) is 127 Å². The first-order chi connectivity index (χ1) is 19.1. The van der Waals surface area contributed by atoms with Crippen LogP contribution < -0.4 is 5.69 Å². The number of halogens is 2. The molecule has 9 nitrogen and oxygen atoms in total. The number of rotatable bonds is 8. The normalized spacial score (nSPS) is 15.2. The van der Waals surface area contributed by atoms with E-state index in [1.54, 1.807) is 20.1 Å². The molecule has 2 atom stereocenters. The summed E-state index contributed by atoms with van der Waals surface area (Å²) >= 11 is 0. The summed E-state index contributed by atoms with van der Waals surface area (Å²) in [6, 6.07) is 10.1. The van der Waals surface area contributed by atoms with E-state index in [-0.39, 0.29) is 52.0 Å². The molecule has 206 valence electrons. The number of nitrogens with one attached hydrogen (secondary N) is 1. The molecule has 0 amide bonds. The second kappa shape index (κ2) is 10.6. The highest BCUT2D eigenvalue weighted by Crippen LogP contribution is 2.40. The van der Waals surface area contributed by atoms with Gasteiger partial charge in [0, 0.05) is 24.3 Å². The zero-order chi connectivity index (χ0) is 28.7. The molecule has 1 aliphatic rings. The summed E-state index contributed by atoms with van der Waals surface area (Å²) in [6.45, 7) is 2.86. The lowest BCUT2D eigenvalue weighted by Gasteiger charge is -2.17. The van der Waals surface area contributed by atoms with Crippen molar-refractivity contribution < 1.29 is 23.4 Å². The molecule has 0 saturated carbocycles. The third-order valence-electron chi connectivity index (χ3n) is 7.42. The molecule has 0 saturated heterocycles. The van der Waals surface area contributed by atoms with Crippen LogP contribution in [0, 0.1) is 16.5 Å². The van der Waals surface area contributed by atoms with Gasteiger partial charge in [-0.1, -0.05) is 13.0 Å². The summed E-state index contributed by atoms with van der Waals surface area (Å²) in [7, 11) is 1.65. The predicted molar refractivity (Wildman–Crippen MR) is 143 cm³/mol. The number of methoxy groups -OCH3 is 1. The summed E-state index contributed by atoms with van der Waals surface area (Å²) < 4.78 is 36.3. The van der Waals surface area contributed by atoms with Gasteiger partial charge in [0.05, 0.1) is 17.4 Å². The zero-order valence-corrected chi connectivity index (χ0v) is 22.0. The Balaban J connectivity index is 1.56. The standard InChI is InChI=1S/C29H26F2N4O5/c1-14(6-22-24(30)10-17(15(2)36)11-25(22)31)21-12-23(27(37)13-26(21)34-39)28-32-33-29(38)35(28)19-5-4-16-8-20(40-3)9-18(16)7-19/h4-5,7,10-14,20,37H,6,8-9H2,1-3H3,(H,33,38). The smallest absolute Gasteiger partial charge is 0.348 e. The molecule has 4 aromatic rings. The number of carbonyl (C=O) groups is 1. The molecule has 0 radical (unpaired) electrons. The number of phenolic OH excluding ortho intramolecular Hbond substituents is 1. The van der Waals surface area contributed by atoms with Crippen molar-refractivity contribution in [3.8, 4) is 22.8 Å². The number of aromatic nitrogens is 3. The number of benzene rings is 3. The van der Waals surface area contributed by atoms with Gasteiger partial charge in [0.15, 0.2) is 11.6 Å². The van der Waals surface area contributed by atoms with Crippen LogP contribution >= 0.6 is 0 Å². The highest BCUT2D eigenvalue weighted by Gasteiger charge is 2.25. The van der Waals surface area contributed by atoms with Crippen molar-refractivity contribution in [3.63, 3.8) is 0 Å². The molecule has 1 heterocycles. The molecule has 0 spiro atoms. The van der Waals surface area contributed by atoms with E-state index in [4.69, 9.17) is 4.74 Å². The summed E-state index contributed by atoms with van der Waals surface area (Å²) in [6.07, 6.45) is 1.34. The lowest BCUT2D eigenvalue weighted by molar-refractivity contribution is 0.101. The monoisotopic (exact) mass is 548 g/mol. The molecule has 40 heavy (non-hydrogen) atoms. The Bertz CT molecular complexity index is 1690. The average Bonchev–Trinajstić information content (AvgIpc) is 3.52. The van der Waals surface area contributed by atoms with Gasteiger partial charge in [-0.3, -0.25) is 4.79 Å². The van der Waals surface area contributed by atoms with Crippen molar-refractivity contribution in [1.29, 1.82) is 0 Å². The predicted octanol–water partition coefficient (Wildman–Crippen LogP) is 5.27. The van der Waals surface area contributed by atoms with Crippen LogP contribution in [0.5, 0.6) is 5.75 Å². The quantitative estimate of drug-likeness (QED) is 0.228. The summed E-state index contributed by atoms with van der Waals surface area (Å²) in [5.41, 5.74) is 2.06. The Labute approximate surface area is 227 Å². The van der Waals surface area contributed by atoms with Crippen molar-refractivity contribution in [1.82, 2.24) is 14.8 Å². The van der Waals surface area contributed by atoms with Crippen LogP contribution in [-0.2, 0) is 24.0 Å². The number of ether oxygens (including phenoxy) is 1. The molecular formula is C29H26F2N4O5. The number of ketones is 1. The van der Waals surface area contributed by atoms with E-state index in [1.165, 1.54) is 17.6 Å². The molecule has 1 aromatic heterocycles. The summed E-state index contributed by atoms with van der Waals surface area (Å²) in [5, 5.41) is 20.3. The van der Waals surface area contributed by atoms with Gasteiger partial charge in [0.25, 0.3) is 0 Å². The molecule has 0 aliphatic heterocycles. The van der Waals surface area contributed by atoms with Crippen LogP contribution in [0.4, 0.5) is 14.5 Å². The SMILES string of the molecule is COC1Cc2ccc(-n3c(-c4cc(C(C)Cc5c(F)cc(C(C)=O)cc5F)c(N=O)cc4O)n[nH]c3=O)cc2C1. The number of Topliss-reactive ketones (excluding diaryl/α,β-unsaturated/α-hetero) is 1. The van der Waals surface area contributed by atoms with E-state index in [2.05, 4.69) is 15.4 Å². The highest BCUT2D eigenvalue weighted by molar-refractivity contribution is 5.94. The first kappa shape index (κ1) is 27.1. The number of aromatic amines is 1. The maximum Gasteiger partial charge on any atom is 0.348 e. The van der Waals surface area contributed by atoms with Crippen molar-refractivity contribution >= 4 is 11.5 Å². The molecule has 5 rings (SSSR count). The maximum atomic E-state index is 14.7. The Hall–Kier alpha value is -4.51. The van der Waals surface area contributed by atoms with Gasteiger partial charge in [0.1, 0.15) is 23.1 Å². The third kappa shape index (κ3) is 4.84. The van der Waals surface area contributed by atoms with Crippen molar-refractivity contribution in [2.24, 2.45) is 5.18 Å². The Morgan fingerprint density at radius 2 is 1.88 bits per heavy atom. The number of aromatic hydroxyl groups is 1. The van der Waals surface area contributed by atoms with Gasteiger partial charge in [-0.15, -0.1) is 4.91 Å². The van der Waals surface area contributed by atoms with Crippen LogP contribution in [0.2, 0.25) is 0 Å². The Morgan fingerprint density at radius 3 is 2.52 bits per heavy atom. The van der Waals surface area contributed by atoms with Crippen LogP contribution in [0.3, 0.4) is 0 Å². The maximum absolute atomic E-state index is 14.7. The Kier molecular flexibility index (Phi) is 7.16. The second-order valence-electron chi connectivity index (χ2n) is 10.0. The molecule has 1 aliphatic carbocycles. The van der Waals surface area contributed by atoms with Crippen LogP contribution in [-0.4, -0.2) is 38.9 Å². The molecule has 0 fully saturated rings. The summed E-state index contributed by atoms with van der Waals surface area (Å²) in [4.78, 5) is 36.1. The van der Waals surface area contributed by atoms with E-state index in [9.17, 15) is 28.4 Å². The number of nitrogens with zero attached hydrogens (tertiary/aromatic N) is 3. The lowest BCUT2D eigenvalue weighted by Crippen LogP contribution is -2.16. The van der Waals surface area contributed by atoms with Crippen LogP contribution in [0.15, 0.2) is 52.4 Å². The van der Waals surface area contributed by atoms with Crippen molar-refractivity contribution in [2.75, 3.05) is 7.11 Å².